The highest BCUT2D eigenvalue weighted by atomic mass is 32.1. The van der Waals surface area contributed by atoms with E-state index in [0.29, 0.717) is 12.1 Å². The molecule has 160 valence electrons. The summed E-state index contributed by atoms with van der Waals surface area (Å²) in [7, 11) is -1.69. The lowest BCUT2D eigenvalue weighted by atomic mass is 9.95. The zero-order chi connectivity index (χ0) is 22.0. The van der Waals surface area contributed by atoms with Crippen LogP contribution in [0.2, 0.25) is 18.1 Å². The van der Waals surface area contributed by atoms with Gasteiger partial charge in [-0.2, -0.15) is 0 Å². The van der Waals surface area contributed by atoms with E-state index in [0.717, 1.165) is 19.4 Å². The van der Waals surface area contributed by atoms with E-state index < -0.39 is 14.2 Å². The van der Waals surface area contributed by atoms with Crippen molar-refractivity contribution in [2.45, 2.75) is 72.0 Å². The van der Waals surface area contributed by atoms with Gasteiger partial charge >= 0.3 is 0 Å². The Kier molecular flexibility index (Phi) is 11.7. The SMILES string of the molecule is CC(=O)NCCC(C(=O)/C(C)=C/C=C/CCCO[Si](C)(C)C(C)(C)C)C(O)=S. The van der Waals surface area contributed by atoms with Crippen LogP contribution < -0.4 is 5.32 Å². The smallest absolute Gasteiger partial charge is 0.216 e. The van der Waals surface area contributed by atoms with Crippen LogP contribution in [-0.4, -0.2) is 43.3 Å². The number of hydrogen-bond acceptors (Lipinski definition) is 4. The van der Waals surface area contributed by atoms with E-state index in [2.05, 4.69) is 39.2 Å². The van der Waals surface area contributed by atoms with Gasteiger partial charge in [-0.15, -0.1) is 0 Å². The van der Waals surface area contributed by atoms with Gasteiger partial charge in [0, 0.05) is 20.1 Å². The lowest BCUT2D eigenvalue weighted by molar-refractivity contribution is -0.120. The molecular weight excluding hydrogens is 390 g/mol. The molecule has 0 rings (SSSR count). The molecule has 1 amide bonds. The molecule has 7 heteroatoms. The predicted molar refractivity (Wildman–Crippen MR) is 122 cm³/mol. The summed E-state index contributed by atoms with van der Waals surface area (Å²) in [5, 5.41) is 12.1. The first kappa shape index (κ1) is 26.7. The van der Waals surface area contributed by atoms with E-state index in [1.54, 1.807) is 13.0 Å². The Hall–Kier alpha value is -1.31. The lowest BCUT2D eigenvalue weighted by Crippen LogP contribution is -2.40. The van der Waals surface area contributed by atoms with E-state index in [9.17, 15) is 14.7 Å². The average Bonchev–Trinajstić information content (AvgIpc) is 2.55. The summed E-state index contributed by atoms with van der Waals surface area (Å²) < 4.78 is 6.14. The minimum Gasteiger partial charge on any atom is -0.501 e. The molecule has 28 heavy (non-hydrogen) atoms. The highest BCUT2D eigenvalue weighted by Crippen LogP contribution is 2.36. The van der Waals surface area contributed by atoms with Crippen LogP contribution >= 0.6 is 12.2 Å². The van der Waals surface area contributed by atoms with Gasteiger partial charge in [0.1, 0.15) is 0 Å². The van der Waals surface area contributed by atoms with Crippen LogP contribution in [0, 0.1) is 5.92 Å². The van der Waals surface area contributed by atoms with Crippen LogP contribution in [0.1, 0.15) is 53.9 Å². The lowest BCUT2D eigenvalue weighted by Gasteiger charge is -2.36. The molecule has 0 radical (unpaired) electrons. The third-order valence-corrected chi connectivity index (χ3v) is 9.90. The molecule has 0 spiro atoms. The maximum Gasteiger partial charge on any atom is 0.216 e. The summed E-state index contributed by atoms with van der Waals surface area (Å²) in [6.45, 7) is 15.3. The van der Waals surface area contributed by atoms with Gasteiger partial charge in [0.15, 0.2) is 19.2 Å². The van der Waals surface area contributed by atoms with Gasteiger partial charge in [0.25, 0.3) is 0 Å². The molecule has 2 N–H and O–H groups in total. The van der Waals surface area contributed by atoms with Crippen molar-refractivity contribution < 1.29 is 19.1 Å². The molecule has 0 aliphatic carbocycles. The van der Waals surface area contributed by atoms with Crippen molar-refractivity contribution in [3.05, 3.63) is 23.8 Å². The fourth-order valence-electron chi connectivity index (χ4n) is 2.17. The molecular formula is C21H37NO4SSi. The van der Waals surface area contributed by atoms with Crippen molar-refractivity contribution in [2.24, 2.45) is 5.92 Å². The normalized spacial score (nSPS) is 14.2. The van der Waals surface area contributed by atoms with Crippen molar-refractivity contribution in [1.29, 1.82) is 0 Å². The first-order chi connectivity index (χ1) is 12.8. The van der Waals surface area contributed by atoms with Crippen LogP contribution in [0.4, 0.5) is 0 Å². The second-order valence-corrected chi connectivity index (χ2v) is 13.8. The summed E-state index contributed by atoms with van der Waals surface area (Å²) in [6, 6.07) is 0. The molecule has 0 heterocycles. The number of allylic oxidation sites excluding steroid dienone is 4. The molecule has 0 aromatic rings. The van der Waals surface area contributed by atoms with Crippen molar-refractivity contribution in [3.63, 3.8) is 0 Å². The Bertz CT molecular complexity index is 606. The van der Waals surface area contributed by atoms with Crippen LogP contribution in [0.3, 0.4) is 0 Å². The second-order valence-electron chi connectivity index (χ2n) is 8.56. The van der Waals surface area contributed by atoms with Gasteiger partial charge < -0.3 is 14.8 Å². The van der Waals surface area contributed by atoms with E-state index in [1.165, 1.54) is 6.92 Å². The minimum atomic E-state index is -1.69. The number of carbonyl (C=O) groups excluding carboxylic acids is 2. The number of Topliss-reactive ketones (excluding diaryl/α,β-unsaturated/α-hetero) is 1. The zero-order valence-corrected chi connectivity index (χ0v) is 20.2. The number of amides is 1. The van der Waals surface area contributed by atoms with Crippen LogP contribution in [-0.2, 0) is 14.0 Å². The minimum absolute atomic E-state index is 0.178. The number of nitrogens with one attached hydrogen (secondary N) is 1. The molecule has 0 aliphatic heterocycles. The molecule has 5 nitrogen and oxygen atoms in total. The van der Waals surface area contributed by atoms with Gasteiger partial charge in [-0.05, 0) is 62.1 Å². The first-order valence-electron chi connectivity index (χ1n) is 9.78. The van der Waals surface area contributed by atoms with E-state index in [1.807, 2.05) is 12.2 Å². The predicted octanol–water partition coefficient (Wildman–Crippen LogP) is 4.89. The van der Waals surface area contributed by atoms with Crippen molar-refractivity contribution >= 4 is 37.3 Å². The number of aliphatic hydroxyl groups is 1. The highest BCUT2D eigenvalue weighted by molar-refractivity contribution is 7.80. The Morgan fingerprint density at radius 1 is 1.25 bits per heavy atom. The number of aliphatic hydroxyl groups excluding tert-OH is 1. The number of rotatable bonds is 12. The topological polar surface area (TPSA) is 75.6 Å². The summed E-state index contributed by atoms with van der Waals surface area (Å²) >= 11 is 4.80. The molecule has 0 saturated carbocycles. The molecule has 0 aliphatic rings. The first-order valence-corrected chi connectivity index (χ1v) is 13.1. The highest BCUT2D eigenvalue weighted by Gasteiger charge is 2.36. The zero-order valence-electron chi connectivity index (χ0n) is 18.4. The maximum absolute atomic E-state index is 12.5. The maximum atomic E-state index is 12.5. The van der Waals surface area contributed by atoms with E-state index in [-0.39, 0.29) is 28.2 Å². The van der Waals surface area contributed by atoms with E-state index in [4.69, 9.17) is 16.6 Å². The summed E-state index contributed by atoms with van der Waals surface area (Å²) in [6.07, 6.45) is 7.69. The third-order valence-electron chi connectivity index (χ3n) is 5.08. The standard InChI is InChI=1S/C21H37NO4SSi/c1-16(19(24)18(20(25)27)13-14-22-17(2)23)12-10-8-9-11-15-26-28(6,7)21(3,4)5/h8,10,12,18H,9,11,13-15H2,1-7H3,(H,22,23)(H,25,27)/b10-8+,16-12+. The number of thiocarbonyl (C=S) groups is 1. The Balaban J connectivity index is 4.48. The Labute approximate surface area is 176 Å². The fourth-order valence-corrected chi connectivity index (χ4v) is 3.48. The molecule has 0 saturated heterocycles. The van der Waals surface area contributed by atoms with Crippen molar-refractivity contribution in [2.75, 3.05) is 13.2 Å². The third kappa shape index (κ3) is 10.3. The molecule has 0 bridgehead atoms. The largest absolute Gasteiger partial charge is 0.501 e. The van der Waals surface area contributed by atoms with Crippen molar-refractivity contribution in [1.82, 2.24) is 5.32 Å². The Morgan fingerprint density at radius 2 is 1.86 bits per heavy atom. The number of unbranched alkanes of at least 4 members (excludes halogenated alkanes) is 1. The van der Waals surface area contributed by atoms with E-state index >= 15 is 0 Å². The van der Waals surface area contributed by atoms with Gasteiger partial charge in [-0.3, -0.25) is 9.59 Å². The summed E-state index contributed by atoms with van der Waals surface area (Å²) in [5.41, 5.74) is 0.526. The van der Waals surface area contributed by atoms with Gasteiger partial charge in [0.05, 0.1) is 5.92 Å². The molecule has 0 fully saturated rings. The van der Waals surface area contributed by atoms with Crippen LogP contribution in [0.15, 0.2) is 23.8 Å². The van der Waals surface area contributed by atoms with Crippen LogP contribution in [0.25, 0.3) is 0 Å². The number of carbonyl (C=O) groups is 2. The van der Waals surface area contributed by atoms with Gasteiger partial charge in [-0.25, -0.2) is 0 Å². The summed E-state index contributed by atoms with van der Waals surface area (Å²) in [5.74, 6) is -1.17. The molecule has 0 aromatic carbocycles. The van der Waals surface area contributed by atoms with Gasteiger partial charge in [-0.1, -0.05) is 39.0 Å². The van der Waals surface area contributed by atoms with Gasteiger partial charge in [0.2, 0.25) is 5.91 Å². The molecule has 1 unspecified atom stereocenters. The Morgan fingerprint density at radius 3 is 2.36 bits per heavy atom. The number of hydrogen-bond donors (Lipinski definition) is 2. The number of ketones is 1. The second kappa shape index (κ2) is 12.3. The molecule has 0 aromatic heterocycles. The van der Waals surface area contributed by atoms with Crippen LogP contribution in [0.5, 0.6) is 0 Å². The van der Waals surface area contributed by atoms with Crippen molar-refractivity contribution in [3.8, 4) is 0 Å². The monoisotopic (exact) mass is 427 g/mol. The summed E-state index contributed by atoms with van der Waals surface area (Å²) in [4.78, 5) is 23.4. The quantitative estimate of drug-likeness (QED) is 0.152. The molecule has 1 atom stereocenters. The average molecular weight is 428 g/mol. The fraction of sp³-hybridized carbons (Fsp3) is 0.667.